The maximum Gasteiger partial charge on any atom is 0.247 e. The molecule has 0 aromatic heterocycles. The van der Waals surface area contributed by atoms with Crippen molar-refractivity contribution in [3.8, 4) is 17.2 Å². The van der Waals surface area contributed by atoms with Crippen molar-refractivity contribution < 1.29 is 23.8 Å². The zero-order chi connectivity index (χ0) is 25.4. The maximum atomic E-state index is 13.8. The lowest BCUT2D eigenvalue weighted by atomic mass is 9.87. The van der Waals surface area contributed by atoms with E-state index in [2.05, 4.69) is 12.2 Å². The molecule has 0 saturated heterocycles. The highest BCUT2D eigenvalue weighted by molar-refractivity contribution is 6.27. The van der Waals surface area contributed by atoms with Gasteiger partial charge in [0.15, 0.2) is 11.5 Å². The summed E-state index contributed by atoms with van der Waals surface area (Å²) in [7, 11) is 4.68. The number of ether oxygens (including phenoxy) is 3. The normalized spacial score (nSPS) is 18.3. The standard InChI is InChI=1S/C27H35ClN2O5/c1-18-8-11-21(12-9-18)29-27(32)26(20-10-13-23(34-3)24(15-20)35-4)30(25(31)16-28)17-19-6-5-7-22(14-19)33-2/h5-7,10,13-15,18,21,26H,8-9,11-12,16-17H2,1-4H3,(H,29,32)/t18?,21?,26-/m0/s1. The smallest absolute Gasteiger partial charge is 0.247 e. The first kappa shape index (κ1) is 26.7. The van der Waals surface area contributed by atoms with Gasteiger partial charge >= 0.3 is 0 Å². The number of carbonyl (C=O) groups excluding carboxylic acids is 2. The molecule has 35 heavy (non-hydrogen) atoms. The van der Waals surface area contributed by atoms with Crippen molar-refractivity contribution in [2.45, 2.75) is 51.2 Å². The monoisotopic (exact) mass is 502 g/mol. The van der Waals surface area contributed by atoms with Gasteiger partial charge in [0.25, 0.3) is 0 Å². The molecule has 3 rings (SSSR count). The van der Waals surface area contributed by atoms with Gasteiger partial charge in [-0.05, 0) is 67.0 Å². The number of amides is 2. The first-order chi connectivity index (χ1) is 16.9. The highest BCUT2D eigenvalue weighted by Gasteiger charge is 2.33. The molecule has 7 nitrogen and oxygen atoms in total. The molecule has 2 aromatic carbocycles. The van der Waals surface area contributed by atoms with Crippen LogP contribution in [-0.2, 0) is 16.1 Å². The third-order valence-corrected chi connectivity index (χ3v) is 6.80. The van der Waals surface area contributed by atoms with E-state index in [0.29, 0.717) is 28.7 Å². The number of nitrogens with one attached hydrogen (secondary N) is 1. The van der Waals surface area contributed by atoms with Crippen LogP contribution in [-0.4, -0.2) is 50.0 Å². The van der Waals surface area contributed by atoms with Crippen LogP contribution in [0.1, 0.15) is 49.8 Å². The molecule has 1 aliphatic rings. The number of alkyl halides is 1. The first-order valence-corrected chi connectivity index (χ1v) is 12.4. The zero-order valence-corrected chi connectivity index (χ0v) is 21.6. The molecule has 190 valence electrons. The summed E-state index contributed by atoms with van der Waals surface area (Å²) in [6.45, 7) is 2.43. The predicted molar refractivity (Wildman–Crippen MR) is 136 cm³/mol. The van der Waals surface area contributed by atoms with Crippen molar-refractivity contribution in [3.63, 3.8) is 0 Å². The maximum absolute atomic E-state index is 13.8. The van der Waals surface area contributed by atoms with Gasteiger partial charge in [0.2, 0.25) is 11.8 Å². The van der Waals surface area contributed by atoms with Crippen LogP contribution in [0.25, 0.3) is 0 Å². The van der Waals surface area contributed by atoms with Gasteiger partial charge in [0.1, 0.15) is 17.7 Å². The number of hydrogen-bond donors (Lipinski definition) is 1. The van der Waals surface area contributed by atoms with Crippen LogP contribution in [0.15, 0.2) is 42.5 Å². The molecule has 2 amide bonds. The number of rotatable bonds is 10. The van der Waals surface area contributed by atoms with E-state index in [1.807, 2.05) is 24.3 Å². The Hall–Kier alpha value is -2.93. The highest BCUT2D eigenvalue weighted by Crippen LogP contribution is 2.34. The minimum atomic E-state index is -0.897. The molecule has 0 unspecified atom stereocenters. The second kappa shape index (κ2) is 12.7. The largest absolute Gasteiger partial charge is 0.497 e. The third kappa shape index (κ3) is 6.82. The van der Waals surface area contributed by atoms with Gasteiger partial charge in [-0.15, -0.1) is 11.6 Å². The fraction of sp³-hybridized carbons (Fsp3) is 0.481. The summed E-state index contributed by atoms with van der Waals surface area (Å²) in [5.41, 5.74) is 1.44. The summed E-state index contributed by atoms with van der Waals surface area (Å²) >= 11 is 6.03. The Morgan fingerprint density at radius 3 is 2.34 bits per heavy atom. The van der Waals surface area contributed by atoms with E-state index in [4.69, 9.17) is 25.8 Å². The summed E-state index contributed by atoms with van der Waals surface area (Å²) < 4.78 is 16.2. The van der Waals surface area contributed by atoms with E-state index in [0.717, 1.165) is 31.2 Å². The number of halogens is 1. The lowest BCUT2D eigenvalue weighted by Gasteiger charge is -2.34. The Balaban J connectivity index is 2.00. The minimum Gasteiger partial charge on any atom is -0.497 e. The summed E-state index contributed by atoms with van der Waals surface area (Å²) in [5, 5.41) is 3.20. The molecule has 8 heteroatoms. The Kier molecular flexibility index (Phi) is 9.66. The molecule has 0 aliphatic heterocycles. The molecular formula is C27H35ClN2O5. The van der Waals surface area contributed by atoms with Gasteiger partial charge in [-0.1, -0.05) is 25.1 Å². The number of nitrogens with zero attached hydrogens (tertiary/aromatic N) is 1. The van der Waals surface area contributed by atoms with Gasteiger partial charge in [0, 0.05) is 12.6 Å². The van der Waals surface area contributed by atoms with E-state index in [9.17, 15) is 9.59 Å². The summed E-state index contributed by atoms with van der Waals surface area (Å²) in [5.74, 6) is 1.52. The predicted octanol–water partition coefficient (Wildman–Crippen LogP) is 4.72. The van der Waals surface area contributed by atoms with Gasteiger partial charge in [0.05, 0.1) is 21.3 Å². The van der Waals surface area contributed by atoms with Crippen molar-refractivity contribution in [1.29, 1.82) is 0 Å². The molecule has 1 fully saturated rings. The van der Waals surface area contributed by atoms with Crippen molar-refractivity contribution in [1.82, 2.24) is 10.2 Å². The van der Waals surface area contributed by atoms with Crippen LogP contribution in [0.5, 0.6) is 17.2 Å². The molecule has 0 bridgehead atoms. The van der Waals surface area contributed by atoms with Crippen molar-refractivity contribution >= 4 is 23.4 Å². The lowest BCUT2D eigenvalue weighted by Crippen LogP contribution is -2.47. The molecule has 0 heterocycles. The SMILES string of the molecule is COc1cccc(CN(C(=O)CCl)[C@H](C(=O)NC2CCC(C)CC2)c2ccc(OC)c(OC)c2)c1. The Morgan fingerprint density at radius 1 is 1.00 bits per heavy atom. The molecule has 1 saturated carbocycles. The van der Waals surface area contributed by atoms with Crippen LogP contribution in [0.3, 0.4) is 0 Å². The molecule has 1 atom stereocenters. The van der Waals surface area contributed by atoms with Crippen molar-refractivity contribution in [3.05, 3.63) is 53.6 Å². The number of methoxy groups -OCH3 is 3. The quantitative estimate of drug-likeness (QED) is 0.476. The highest BCUT2D eigenvalue weighted by atomic mass is 35.5. The lowest BCUT2D eigenvalue weighted by molar-refractivity contribution is -0.140. The second-order valence-electron chi connectivity index (χ2n) is 8.99. The topological polar surface area (TPSA) is 77.1 Å². The van der Waals surface area contributed by atoms with Crippen molar-refractivity contribution in [2.75, 3.05) is 27.2 Å². The van der Waals surface area contributed by atoms with E-state index in [1.54, 1.807) is 32.4 Å². The Bertz CT molecular complexity index is 1010. The molecule has 0 radical (unpaired) electrons. The average molecular weight is 503 g/mol. The van der Waals surface area contributed by atoms with Crippen LogP contribution in [0, 0.1) is 5.92 Å². The molecule has 2 aromatic rings. The molecule has 1 aliphatic carbocycles. The zero-order valence-electron chi connectivity index (χ0n) is 20.9. The summed E-state index contributed by atoms with van der Waals surface area (Å²) in [6.07, 6.45) is 3.98. The van der Waals surface area contributed by atoms with E-state index in [1.165, 1.54) is 12.0 Å². The Morgan fingerprint density at radius 2 is 1.71 bits per heavy atom. The third-order valence-electron chi connectivity index (χ3n) is 6.57. The fourth-order valence-electron chi connectivity index (χ4n) is 4.55. The molecule has 0 spiro atoms. The van der Waals surface area contributed by atoms with Gasteiger partial charge in [-0.25, -0.2) is 0 Å². The van der Waals surface area contributed by atoms with Crippen LogP contribution >= 0.6 is 11.6 Å². The summed E-state index contributed by atoms with van der Waals surface area (Å²) in [6, 6.07) is 11.9. The van der Waals surface area contributed by atoms with E-state index < -0.39 is 6.04 Å². The van der Waals surface area contributed by atoms with Crippen molar-refractivity contribution in [2.24, 2.45) is 5.92 Å². The second-order valence-corrected chi connectivity index (χ2v) is 9.26. The van der Waals surface area contributed by atoms with Gasteiger partial charge in [-0.3, -0.25) is 9.59 Å². The molecular weight excluding hydrogens is 468 g/mol. The van der Waals surface area contributed by atoms with E-state index in [-0.39, 0.29) is 30.3 Å². The summed E-state index contributed by atoms with van der Waals surface area (Å²) in [4.78, 5) is 28.4. The number of hydrogen-bond acceptors (Lipinski definition) is 5. The Labute approximate surface area is 212 Å². The first-order valence-electron chi connectivity index (χ1n) is 11.9. The number of benzene rings is 2. The van der Waals surface area contributed by atoms with Gasteiger partial charge in [-0.2, -0.15) is 0 Å². The van der Waals surface area contributed by atoms with Crippen LogP contribution < -0.4 is 19.5 Å². The van der Waals surface area contributed by atoms with Crippen LogP contribution in [0.4, 0.5) is 0 Å². The van der Waals surface area contributed by atoms with Gasteiger partial charge < -0.3 is 24.4 Å². The average Bonchev–Trinajstić information content (AvgIpc) is 2.89. The molecule has 1 N–H and O–H groups in total. The fourth-order valence-corrected chi connectivity index (χ4v) is 4.70. The van der Waals surface area contributed by atoms with E-state index >= 15 is 0 Å². The minimum absolute atomic E-state index is 0.0751. The van der Waals surface area contributed by atoms with Crippen LogP contribution in [0.2, 0.25) is 0 Å². The number of carbonyl (C=O) groups is 2.